The van der Waals surface area contributed by atoms with E-state index in [-0.39, 0.29) is 5.91 Å². The van der Waals surface area contributed by atoms with Gasteiger partial charge >= 0.3 is 0 Å². The zero-order chi connectivity index (χ0) is 16.9. The van der Waals surface area contributed by atoms with Crippen molar-refractivity contribution in [3.8, 4) is 11.5 Å². The summed E-state index contributed by atoms with van der Waals surface area (Å²) in [6.07, 6.45) is 2.49. The number of carbonyl (C=O) groups excluding carboxylic acids is 1. The molecule has 1 saturated heterocycles. The van der Waals surface area contributed by atoms with Crippen molar-refractivity contribution in [3.63, 3.8) is 0 Å². The van der Waals surface area contributed by atoms with E-state index >= 15 is 0 Å². The Morgan fingerprint density at radius 3 is 2.92 bits per heavy atom. The van der Waals surface area contributed by atoms with Gasteiger partial charge in [0.1, 0.15) is 5.76 Å². The fourth-order valence-corrected chi connectivity index (χ4v) is 3.72. The molecule has 3 rings (SSSR count). The van der Waals surface area contributed by atoms with E-state index in [1.54, 1.807) is 11.3 Å². The highest BCUT2D eigenvalue weighted by atomic mass is 32.1. The minimum atomic E-state index is 0.158. The van der Waals surface area contributed by atoms with Crippen LogP contribution >= 0.6 is 11.3 Å². The third-order valence-electron chi connectivity index (χ3n) is 4.63. The Balaban J connectivity index is 1.56. The van der Waals surface area contributed by atoms with Crippen LogP contribution in [0, 0.1) is 12.8 Å². The van der Waals surface area contributed by atoms with E-state index in [1.165, 1.54) is 0 Å². The lowest BCUT2D eigenvalue weighted by Crippen LogP contribution is -2.41. The molecule has 130 valence electrons. The SMILES string of the molecule is CCNCC1CCN(C(=O)Cc2nc(-c3ccsc3)oc2C)CC1. The molecule has 1 aliphatic heterocycles. The second-order valence-corrected chi connectivity index (χ2v) is 7.12. The van der Waals surface area contributed by atoms with Crippen LogP contribution in [0.2, 0.25) is 0 Å². The number of hydrogen-bond donors (Lipinski definition) is 1. The van der Waals surface area contributed by atoms with E-state index in [4.69, 9.17) is 4.42 Å². The molecule has 6 heteroatoms. The van der Waals surface area contributed by atoms with Gasteiger partial charge in [0.05, 0.1) is 12.1 Å². The first-order chi connectivity index (χ1) is 11.7. The van der Waals surface area contributed by atoms with Crippen LogP contribution in [0.5, 0.6) is 0 Å². The molecule has 2 aromatic heterocycles. The van der Waals surface area contributed by atoms with Gasteiger partial charge in [0.15, 0.2) is 0 Å². The molecule has 0 unspecified atom stereocenters. The van der Waals surface area contributed by atoms with Crippen LogP contribution in [-0.4, -0.2) is 42.0 Å². The maximum Gasteiger partial charge on any atom is 0.228 e. The van der Waals surface area contributed by atoms with Gasteiger partial charge in [-0.15, -0.1) is 0 Å². The summed E-state index contributed by atoms with van der Waals surface area (Å²) in [6.45, 7) is 7.78. The second kappa shape index (κ2) is 7.94. The van der Waals surface area contributed by atoms with E-state index in [1.807, 2.05) is 28.7 Å². The van der Waals surface area contributed by atoms with Crippen molar-refractivity contribution in [2.45, 2.75) is 33.1 Å². The first kappa shape index (κ1) is 17.2. The monoisotopic (exact) mass is 347 g/mol. The van der Waals surface area contributed by atoms with Crippen molar-refractivity contribution in [2.24, 2.45) is 5.92 Å². The summed E-state index contributed by atoms with van der Waals surface area (Å²) in [5.41, 5.74) is 1.74. The normalized spacial score (nSPS) is 15.8. The van der Waals surface area contributed by atoms with Gasteiger partial charge in [-0.3, -0.25) is 4.79 Å². The molecular formula is C18H25N3O2S. The fourth-order valence-electron chi connectivity index (χ4n) is 3.09. The number of rotatable bonds is 6. The summed E-state index contributed by atoms with van der Waals surface area (Å²) < 4.78 is 5.73. The maximum atomic E-state index is 12.6. The Morgan fingerprint density at radius 1 is 1.46 bits per heavy atom. The number of hydrogen-bond acceptors (Lipinski definition) is 5. The maximum absolute atomic E-state index is 12.6. The predicted octanol–water partition coefficient (Wildman–Crippen LogP) is 3.10. The van der Waals surface area contributed by atoms with Gasteiger partial charge in [-0.1, -0.05) is 6.92 Å². The minimum Gasteiger partial charge on any atom is -0.441 e. The summed E-state index contributed by atoms with van der Waals surface area (Å²) in [4.78, 5) is 19.1. The number of aryl methyl sites for hydroxylation is 1. The Bertz CT molecular complexity index is 658. The number of oxazole rings is 1. The molecule has 1 N–H and O–H groups in total. The molecule has 0 atom stereocenters. The molecule has 3 heterocycles. The molecule has 0 aliphatic carbocycles. The lowest BCUT2D eigenvalue weighted by atomic mass is 9.96. The molecule has 0 spiro atoms. The Morgan fingerprint density at radius 2 is 2.25 bits per heavy atom. The summed E-state index contributed by atoms with van der Waals surface area (Å²) in [6, 6.07) is 1.98. The van der Waals surface area contributed by atoms with Crippen molar-refractivity contribution in [3.05, 3.63) is 28.3 Å². The molecule has 24 heavy (non-hydrogen) atoms. The molecule has 0 aromatic carbocycles. The standard InChI is InChI=1S/C18H25N3O2S/c1-3-19-11-14-4-7-21(8-5-14)17(22)10-16-13(2)23-18(20-16)15-6-9-24-12-15/h6,9,12,14,19H,3-5,7-8,10-11H2,1-2H3. The highest BCUT2D eigenvalue weighted by Crippen LogP contribution is 2.24. The highest BCUT2D eigenvalue weighted by Gasteiger charge is 2.24. The van der Waals surface area contributed by atoms with Crippen molar-refractivity contribution < 1.29 is 9.21 Å². The van der Waals surface area contributed by atoms with Crippen molar-refractivity contribution in [2.75, 3.05) is 26.2 Å². The summed E-state index contributed by atoms with van der Waals surface area (Å²) >= 11 is 1.61. The Hall–Kier alpha value is -1.66. The van der Waals surface area contributed by atoms with E-state index in [2.05, 4.69) is 17.2 Å². The van der Waals surface area contributed by atoms with Crippen LogP contribution in [0.15, 0.2) is 21.2 Å². The third kappa shape index (κ3) is 4.05. The molecule has 1 fully saturated rings. The quantitative estimate of drug-likeness (QED) is 0.872. The van der Waals surface area contributed by atoms with Gasteiger partial charge in [-0.05, 0) is 50.2 Å². The van der Waals surface area contributed by atoms with Crippen LogP contribution in [-0.2, 0) is 11.2 Å². The smallest absolute Gasteiger partial charge is 0.228 e. The lowest BCUT2D eigenvalue weighted by Gasteiger charge is -2.32. The molecule has 1 aliphatic rings. The predicted molar refractivity (Wildman–Crippen MR) is 96.1 cm³/mol. The number of aromatic nitrogens is 1. The number of thiophene rings is 1. The Labute approximate surface area is 147 Å². The van der Waals surface area contributed by atoms with Gasteiger partial charge < -0.3 is 14.6 Å². The topological polar surface area (TPSA) is 58.4 Å². The number of piperidine rings is 1. The van der Waals surface area contributed by atoms with Gasteiger partial charge in [-0.25, -0.2) is 4.98 Å². The zero-order valence-corrected chi connectivity index (χ0v) is 15.2. The number of amides is 1. The molecule has 2 aromatic rings. The molecule has 0 bridgehead atoms. The molecule has 0 radical (unpaired) electrons. The van der Waals surface area contributed by atoms with E-state index in [9.17, 15) is 4.79 Å². The summed E-state index contributed by atoms with van der Waals surface area (Å²) in [5, 5.41) is 7.40. The number of nitrogens with zero attached hydrogens (tertiary/aromatic N) is 2. The van der Waals surface area contributed by atoms with Gasteiger partial charge in [0.2, 0.25) is 11.8 Å². The van der Waals surface area contributed by atoms with Crippen molar-refractivity contribution >= 4 is 17.2 Å². The first-order valence-electron chi connectivity index (χ1n) is 8.64. The van der Waals surface area contributed by atoms with Gasteiger partial charge in [0, 0.05) is 24.0 Å². The first-order valence-corrected chi connectivity index (χ1v) is 9.59. The van der Waals surface area contributed by atoms with Crippen molar-refractivity contribution in [1.82, 2.24) is 15.2 Å². The van der Waals surface area contributed by atoms with E-state index < -0.39 is 0 Å². The van der Waals surface area contributed by atoms with Crippen molar-refractivity contribution in [1.29, 1.82) is 0 Å². The average molecular weight is 347 g/mol. The average Bonchev–Trinajstić information content (AvgIpc) is 3.24. The van der Waals surface area contributed by atoms with Crippen LogP contribution in [0.3, 0.4) is 0 Å². The lowest BCUT2D eigenvalue weighted by molar-refractivity contribution is -0.131. The highest BCUT2D eigenvalue weighted by molar-refractivity contribution is 7.08. The largest absolute Gasteiger partial charge is 0.441 e. The molecule has 0 saturated carbocycles. The third-order valence-corrected chi connectivity index (χ3v) is 5.31. The van der Waals surface area contributed by atoms with E-state index in [0.29, 0.717) is 18.2 Å². The van der Waals surface area contributed by atoms with Crippen LogP contribution in [0.1, 0.15) is 31.2 Å². The van der Waals surface area contributed by atoms with E-state index in [0.717, 1.165) is 56.0 Å². The second-order valence-electron chi connectivity index (χ2n) is 6.34. The molecule has 1 amide bonds. The summed E-state index contributed by atoms with van der Waals surface area (Å²) in [5.74, 6) is 2.20. The van der Waals surface area contributed by atoms with Crippen LogP contribution < -0.4 is 5.32 Å². The minimum absolute atomic E-state index is 0.158. The molecule has 5 nitrogen and oxygen atoms in total. The van der Waals surface area contributed by atoms with Crippen LogP contribution in [0.25, 0.3) is 11.5 Å². The molecular weight excluding hydrogens is 322 g/mol. The summed E-state index contributed by atoms with van der Waals surface area (Å²) in [7, 11) is 0. The number of likely N-dealkylation sites (tertiary alicyclic amines) is 1. The van der Waals surface area contributed by atoms with Gasteiger partial charge in [0.25, 0.3) is 0 Å². The number of nitrogens with one attached hydrogen (secondary N) is 1. The Kier molecular flexibility index (Phi) is 5.68. The fraction of sp³-hybridized carbons (Fsp3) is 0.556. The van der Waals surface area contributed by atoms with Crippen LogP contribution in [0.4, 0.5) is 0 Å². The van der Waals surface area contributed by atoms with Gasteiger partial charge in [-0.2, -0.15) is 11.3 Å². The number of carbonyl (C=O) groups is 1. The zero-order valence-electron chi connectivity index (χ0n) is 14.4.